The number of carbonyl (C=O) groups excluding carboxylic acids is 1. The standard InChI is InChI=1S/C20H21F2NO4/c1-12(18-15(21)7-5-8-16(18)22)19(24)23-11-14(20(25)26)10-13-6-3-4-9-17(13)27-2/h3-9,12,14H,10-11H2,1-2H3,(H,23,24)(H,25,26). The smallest absolute Gasteiger partial charge is 0.308 e. The van der Waals surface area contributed by atoms with Crippen LogP contribution in [-0.2, 0) is 16.0 Å². The molecule has 0 aliphatic heterocycles. The third-order valence-corrected chi connectivity index (χ3v) is 4.36. The number of carbonyl (C=O) groups is 2. The van der Waals surface area contributed by atoms with Crippen molar-refractivity contribution in [3.05, 3.63) is 65.2 Å². The largest absolute Gasteiger partial charge is 0.496 e. The minimum atomic E-state index is -1.09. The van der Waals surface area contributed by atoms with E-state index < -0.39 is 35.3 Å². The molecule has 0 aliphatic rings. The summed E-state index contributed by atoms with van der Waals surface area (Å²) in [5.41, 5.74) is 0.349. The Bertz CT molecular complexity index is 805. The molecule has 5 nitrogen and oxygen atoms in total. The molecule has 0 saturated carbocycles. The SMILES string of the molecule is COc1ccccc1CC(CNC(=O)C(C)c1c(F)cccc1F)C(=O)O. The molecule has 0 spiro atoms. The van der Waals surface area contributed by atoms with Crippen LogP contribution in [0.15, 0.2) is 42.5 Å². The van der Waals surface area contributed by atoms with E-state index in [-0.39, 0.29) is 18.5 Å². The number of carboxylic acid groups (broad SMARTS) is 1. The van der Waals surface area contributed by atoms with Crippen LogP contribution in [0.25, 0.3) is 0 Å². The number of carboxylic acids is 1. The first-order valence-electron chi connectivity index (χ1n) is 8.41. The van der Waals surface area contributed by atoms with Crippen molar-refractivity contribution in [2.75, 3.05) is 13.7 Å². The van der Waals surface area contributed by atoms with E-state index >= 15 is 0 Å². The fourth-order valence-corrected chi connectivity index (χ4v) is 2.82. The van der Waals surface area contributed by atoms with E-state index in [1.807, 2.05) is 0 Å². The van der Waals surface area contributed by atoms with Gasteiger partial charge in [-0.2, -0.15) is 0 Å². The summed E-state index contributed by atoms with van der Waals surface area (Å²) in [6, 6.07) is 10.4. The number of nitrogens with one attached hydrogen (secondary N) is 1. The van der Waals surface area contributed by atoms with Crippen molar-refractivity contribution < 1.29 is 28.2 Å². The van der Waals surface area contributed by atoms with E-state index in [2.05, 4.69) is 5.32 Å². The summed E-state index contributed by atoms with van der Waals surface area (Å²) in [5.74, 6) is -4.83. The van der Waals surface area contributed by atoms with Gasteiger partial charge >= 0.3 is 5.97 Å². The quantitative estimate of drug-likeness (QED) is 0.741. The second-order valence-electron chi connectivity index (χ2n) is 6.15. The number of ether oxygens (including phenoxy) is 1. The van der Waals surface area contributed by atoms with Gasteiger partial charge in [0.25, 0.3) is 0 Å². The highest BCUT2D eigenvalue weighted by atomic mass is 19.1. The summed E-state index contributed by atoms with van der Waals surface area (Å²) in [4.78, 5) is 23.8. The molecule has 0 fully saturated rings. The van der Waals surface area contributed by atoms with Gasteiger partial charge in [0.05, 0.1) is 18.9 Å². The molecular formula is C20H21F2NO4. The summed E-state index contributed by atoms with van der Waals surface area (Å²) in [7, 11) is 1.49. The minimum Gasteiger partial charge on any atom is -0.496 e. The Labute approximate surface area is 156 Å². The van der Waals surface area contributed by atoms with Gasteiger partial charge in [0, 0.05) is 12.1 Å². The van der Waals surface area contributed by atoms with Gasteiger partial charge in [-0.05, 0) is 37.1 Å². The van der Waals surface area contributed by atoms with E-state index in [1.54, 1.807) is 24.3 Å². The topological polar surface area (TPSA) is 75.6 Å². The van der Waals surface area contributed by atoms with Crippen molar-refractivity contribution in [2.45, 2.75) is 19.3 Å². The minimum absolute atomic E-state index is 0.141. The molecule has 0 saturated heterocycles. The zero-order valence-electron chi connectivity index (χ0n) is 15.0. The molecule has 0 radical (unpaired) electrons. The molecule has 2 unspecified atom stereocenters. The number of methoxy groups -OCH3 is 1. The molecule has 1 amide bonds. The number of benzene rings is 2. The summed E-state index contributed by atoms with van der Waals surface area (Å²) in [5, 5.41) is 11.9. The molecule has 27 heavy (non-hydrogen) atoms. The Balaban J connectivity index is 2.07. The zero-order valence-corrected chi connectivity index (χ0v) is 15.0. The van der Waals surface area contributed by atoms with Crippen molar-refractivity contribution in [1.82, 2.24) is 5.32 Å². The maximum absolute atomic E-state index is 13.8. The lowest BCUT2D eigenvalue weighted by atomic mass is 9.96. The third-order valence-electron chi connectivity index (χ3n) is 4.36. The maximum atomic E-state index is 13.8. The predicted octanol–water partition coefficient (Wildman–Crippen LogP) is 3.14. The molecule has 2 rings (SSSR count). The van der Waals surface area contributed by atoms with Gasteiger partial charge in [0.1, 0.15) is 17.4 Å². The van der Waals surface area contributed by atoms with Crippen LogP contribution in [0, 0.1) is 17.6 Å². The average molecular weight is 377 g/mol. The van der Waals surface area contributed by atoms with Crippen LogP contribution in [0.1, 0.15) is 24.0 Å². The Kier molecular flexibility index (Phi) is 6.87. The summed E-state index contributed by atoms with van der Waals surface area (Å²) < 4.78 is 32.9. The highest BCUT2D eigenvalue weighted by Gasteiger charge is 2.25. The number of para-hydroxylation sites is 1. The molecule has 0 aliphatic carbocycles. The number of hydrogen-bond acceptors (Lipinski definition) is 3. The van der Waals surface area contributed by atoms with Gasteiger partial charge in [-0.15, -0.1) is 0 Å². The molecule has 2 N–H and O–H groups in total. The fraction of sp³-hybridized carbons (Fsp3) is 0.300. The van der Waals surface area contributed by atoms with Crippen LogP contribution < -0.4 is 10.1 Å². The fourth-order valence-electron chi connectivity index (χ4n) is 2.82. The van der Waals surface area contributed by atoms with E-state index in [0.29, 0.717) is 11.3 Å². The highest BCUT2D eigenvalue weighted by molar-refractivity contribution is 5.84. The first kappa shape index (κ1) is 20.4. The molecule has 0 aromatic heterocycles. The van der Waals surface area contributed by atoms with Crippen molar-refractivity contribution in [3.63, 3.8) is 0 Å². The Morgan fingerprint density at radius 3 is 2.33 bits per heavy atom. The average Bonchev–Trinajstić information content (AvgIpc) is 2.64. The highest BCUT2D eigenvalue weighted by Crippen LogP contribution is 2.23. The van der Waals surface area contributed by atoms with Gasteiger partial charge < -0.3 is 15.2 Å². The Morgan fingerprint density at radius 1 is 1.11 bits per heavy atom. The van der Waals surface area contributed by atoms with E-state index in [1.165, 1.54) is 20.1 Å². The Morgan fingerprint density at radius 2 is 1.74 bits per heavy atom. The van der Waals surface area contributed by atoms with Crippen LogP contribution in [-0.4, -0.2) is 30.6 Å². The van der Waals surface area contributed by atoms with Crippen molar-refractivity contribution in [1.29, 1.82) is 0 Å². The Hall–Kier alpha value is -2.96. The lowest BCUT2D eigenvalue weighted by Crippen LogP contribution is -2.36. The summed E-state index contributed by atoms with van der Waals surface area (Å²) >= 11 is 0. The van der Waals surface area contributed by atoms with Crippen LogP contribution >= 0.6 is 0 Å². The molecule has 0 bridgehead atoms. The number of amides is 1. The van der Waals surface area contributed by atoms with Gasteiger partial charge in [0.2, 0.25) is 5.91 Å². The maximum Gasteiger partial charge on any atom is 0.308 e. The predicted molar refractivity (Wildman–Crippen MR) is 95.6 cm³/mol. The van der Waals surface area contributed by atoms with Crippen molar-refractivity contribution in [3.8, 4) is 5.75 Å². The van der Waals surface area contributed by atoms with Crippen LogP contribution in [0.3, 0.4) is 0 Å². The second-order valence-corrected chi connectivity index (χ2v) is 6.15. The molecule has 0 heterocycles. The normalized spacial score (nSPS) is 12.9. The molecule has 2 atom stereocenters. The van der Waals surface area contributed by atoms with Crippen molar-refractivity contribution in [2.24, 2.45) is 5.92 Å². The summed E-state index contributed by atoms with van der Waals surface area (Å²) in [6.07, 6.45) is 0.141. The van der Waals surface area contributed by atoms with Gasteiger partial charge in [-0.25, -0.2) is 8.78 Å². The van der Waals surface area contributed by atoms with E-state index in [4.69, 9.17) is 4.74 Å². The number of rotatable bonds is 8. The number of aliphatic carboxylic acids is 1. The molecular weight excluding hydrogens is 356 g/mol. The first-order chi connectivity index (χ1) is 12.8. The van der Waals surface area contributed by atoms with Crippen LogP contribution in [0.5, 0.6) is 5.75 Å². The van der Waals surface area contributed by atoms with E-state index in [0.717, 1.165) is 12.1 Å². The first-order valence-corrected chi connectivity index (χ1v) is 8.41. The number of halogens is 2. The van der Waals surface area contributed by atoms with Gasteiger partial charge in [-0.3, -0.25) is 9.59 Å². The van der Waals surface area contributed by atoms with Gasteiger partial charge in [-0.1, -0.05) is 24.3 Å². The van der Waals surface area contributed by atoms with Crippen LogP contribution in [0.4, 0.5) is 8.78 Å². The van der Waals surface area contributed by atoms with Crippen molar-refractivity contribution >= 4 is 11.9 Å². The summed E-state index contributed by atoms with van der Waals surface area (Å²) in [6.45, 7) is 1.19. The molecule has 7 heteroatoms. The van der Waals surface area contributed by atoms with E-state index in [9.17, 15) is 23.5 Å². The van der Waals surface area contributed by atoms with Gasteiger partial charge in [0.15, 0.2) is 0 Å². The lowest BCUT2D eigenvalue weighted by Gasteiger charge is -2.18. The molecule has 2 aromatic rings. The molecule has 144 valence electrons. The molecule has 2 aromatic carbocycles. The second kappa shape index (κ2) is 9.12. The monoisotopic (exact) mass is 377 g/mol. The number of hydrogen-bond donors (Lipinski definition) is 2. The third kappa shape index (κ3) is 5.03. The lowest BCUT2D eigenvalue weighted by molar-refractivity contribution is -0.141. The zero-order chi connectivity index (χ0) is 20.0. The van der Waals surface area contributed by atoms with Crippen LogP contribution in [0.2, 0.25) is 0 Å².